The number of benzene rings is 1. The third-order valence-electron chi connectivity index (χ3n) is 7.08. The zero-order valence-corrected chi connectivity index (χ0v) is 20.1. The van der Waals surface area contributed by atoms with Crippen LogP contribution in [0.5, 0.6) is 5.75 Å². The average Bonchev–Trinajstić information content (AvgIpc) is 2.87. The number of aromatic nitrogens is 3. The number of carboxylic acids is 1. The molecule has 186 valence electrons. The Kier molecular flexibility index (Phi) is 8.58. The van der Waals surface area contributed by atoms with E-state index in [2.05, 4.69) is 19.9 Å². The van der Waals surface area contributed by atoms with E-state index in [1.807, 2.05) is 30.6 Å². The molecule has 0 radical (unpaired) electrons. The summed E-state index contributed by atoms with van der Waals surface area (Å²) in [6.45, 7) is 2.57. The summed E-state index contributed by atoms with van der Waals surface area (Å²) in [6.07, 6.45) is 9.64. The Morgan fingerprint density at radius 1 is 1.26 bits per heavy atom. The van der Waals surface area contributed by atoms with E-state index in [4.69, 9.17) is 4.74 Å². The lowest BCUT2D eigenvalue weighted by molar-refractivity contribution is -0.139. The summed E-state index contributed by atoms with van der Waals surface area (Å²) in [7, 11) is 1.59. The number of halogens is 1. The molecule has 4 rings (SSSR count). The maximum absolute atomic E-state index is 15.4. The van der Waals surface area contributed by atoms with E-state index < -0.39 is 12.1 Å². The minimum Gasteiger partial charge on any atom is -0.497 e. The molecular weight excluding hydrogens is 447 g/mol. The fraction of sp³-hybridized carbons (Fsp3) is 0.481. The molecule has 8 heteroatoms. The van der Waals surface area contributed by atoms with Gasteiger partial charge in [-0.3, -0.25) is 9.78 Å². The molecule has 0 unspecified atom stereocenters. The number of likely N-dealkylation sites (tertiary alicyclic amines) is 1. The van der Waals surface area contributed by atoms with Crippen molar-refractivity contribution in [2.24, 2.45) is 11.8 Å². The molecule has 1 aromatic carbocycles. The highest BCUT2D eigenvalue weighted by Crippen LogP contribution is 2.36. The average molecular weight is 481 g/mol. The molecule has 3 heterocycles. The summed E-state index contributed by atoms with van der Waals surface area (Å²) >= 11 is 0. The highest BCUT2D eigenvalue weighted by atomic mass is 19.1. The second kappa shape index (κ2) is 12.0. The Bertz CT molecular complexity index is 1110. The molecule has 3 aromatic rings. The van der Waals surface area contributed by atoms with Crippen molar-refractivity contribution in [1.82, 2.24) is 19.9 Å². The topological polar surface area (TPSA) is 88.4 Å². The minimum absolute atomic E-state index is 0.0304. The standard InChI is InChI=1S/C27H33FN4O3/c1-35-22-5-7-26-24(14-22)23(8-10-31-26)25(28)6-4-20-9-12-32(17-21(20)13-27(33)34)11-2-3-19-15-29-18-30-16-19/h5,7-8,10,14-16,18,20-21,25H,2-4,6,9,11-13,17H2,1H3,(H,33,34)/t20-,21+,25+/m1/s1. The first kappa shape index (κ1) is 25.0. The number of piperidine rings is 1. The number of aliphatic carboxylic acids is 1. The van der Waals surface area contributed by atoms with Gasteiger partial charge in [-0.2, -0.15) is 0 Å². The van der Waals surface area contributed by atoms with Gasteiger partial charge in [0.2, 0.25) is 0 Å². The number of rotatable bonds is 11. The molecule has 1 fully saturated rings. The van der Waals surface area contributed by atoms with Crippen molar-refractivity contribution in [3.8, 4) is 5.75 Å². The Labute approximate surface area is 205 Å². The summed E-state index contributed by atoms with van der Waals surface area (Å²) in [4.78, 5) is 26.4. The molecule has 0 bridgehead atoms. The van der Waals surface area contributed by atoms with Gasteiger partial charge in [0.25, 0.3) is 0 Å². The molecule has 1 aliphatic rings. The van der Waals surface area contributed by atoms with Gasteiger partial charge in [-0.15, -0.1) is 0 Å². The van der Waals surface area contributed by atoms with Gasteiger partial charge in [-0.25, -0.2) is 14.4 Å². The van der Waals surface area contributed by atoms with Crippen LogP contribution >= 0.6 is 0 Å². The van der Waals surface area contributed by atoms with Crippen LogP contribution in [0.1, 0.15) is 49.4 Å². The third kappa shape index (κ3) is 6.72. The van der Waals surface area contributed by atoms with Crippen LogP contribution in [-0.2, 0) is 11.2 Å². The van der Waals surface area contributed by atoms with Crippen LogP contribution in [0.4, 0.5) is 4.39 Å². The van der Waals surface area contributed by atoms with E-state index in [0.717, 1.165) is 55.4 Å². The molecule has 0 saturated carbocycles. The lowest BCUT2D eigenvalue weighted by atomic mass is 9.79. The van der Waals surface area contributed by atoms with Gasteiger partial charge >= 0.3 is 5.97 Å². The third-order valence-corrected chi connectivity index (χ3v) is 7.08. The van der Waals surface area contributed by atoms with Gasteiger partial charge in [0.15, 0.2) is 0 Å². The molecule has 3 atom stereocenters. The molecule has 1 saturated heterocycles. The minimum atomic E-state index is -1.13. The Morgan fingerprint density at radius 3 is 2.86 bits per heavy atom. The Morgan fingerprint density at radius 2 is 2.09 bits per heavy atom. The van der Waals surface area contributed by atoms with Crippen LogP contribution in [0.15, 0.2) is 49.2 Å². The van der Waals surface area contributed by atoms with Crippen LogP contribution in [0.3, 0.4) is 0 Å². The van der Waals surface area contributed by atoms with Crippen LogP contribution < -0.4 is 4.74 Å². The van der Waals surface area contributed by atoms with Crippen molar-refractivity contribution < 1.29 is 19.0 Å². The molecule has 0 spiro atoms. The van der Waals surface area contributed by atoms with Crippen molar-refractivity contribution in [2.75, 3.05) is 26.7 Å². The van der Waals surface area contributed by atoms with Crippen LogP contribution in [-0.4, -0.2) is 57.7 Å². The number of alkyl halides is 1. The van der Waals surface area contributed by atoms with Crippen molar-refractivity contribution in [1.29, 1.82) is 0 Å². The summed E-state index contributed by atoms with van der Waals surface area (Å²) in [5, 5.41) is 10.3. The lowest BCUT2D eigenvalue weighted by Gasteiger charge is -2.38. The van der Waals surface area contributed by atoms with Crippen molar-refractivity contribution in [3.63, 3.8) is 0 Å². The van der Waals surface area contributed by atoms with Crippen LogP contribution in [0.25, 0.3) is 10.9 Å². The second-order valence-electron chi connectivity index (χ2n) is 9.39. The van der Waals surface area contributed by atoms with Crippen molar-refractivity contribution >= 4 is 16.9 Å². The predicted molar refractivity (Wildman–Crippen MR) is 132 cm³/mol. The molecule has 2 aromatic heterocycles. The normalized spacial score (nSPS) is 19.5. The highest BCUT2D eigenvalue weighted by Gasteiger charge is 2.31. The van der Waals surface area contributed by atoms with Gasteiger partial charge in [0, 0.05) is 36.9 Å². The zero-order chi connectivity index (χ0) is 24.6. The number of carbonyl (C=O) groups is 1. The number of fused-ring (bicyclic) bond motifs is 1. The second-order valence-corrected chi connectivity index (χ2v) is 9.39. The van der Waals surface area contributed by atoms with E-state index in [1.165, 1.54) is 6.33 Å². The maximum Gasteiger partial charge on any atom is 0.303 e. The van der Waals surface area contributed by atoms with Gasteiger partial charge in [-0.05, 0) is 92.4 Å². The quantitative estimate of drug-likeness (QED) is 0.419. The van der Waals surface area contributed by atoms with E-state index in [-0.39, 0.29) is 18.3 Å². The number of ether oxygens (including phenoxy) is 1. The van der Waals surface area contributed by atoms with Gasteiger partial charge in [0.05, 0.1) is 12.6 Å². The lowest BCUT2D eigenvalue weighted by Crippen LogP contribution is -2.42. The fourth-order valence-electron chi connectivity index (χ4n) is 5.22. The molecular formula is C27H33FN4O3. The first-order chi connectivity index (χ1) is 17.0. The summed E-state index contributed by atoms with van der Waals surface area (Å²) in [5.74, 6) is 0.119. The van der Waals surface area contributed by atoms with Crippen LogP contribution in [0, 0.1) is 11.8 Å². The van der Waals surface area contributed by atoms with Crippen molar-refractivity contribution in [3.05, 3.63) is 60.3 Å². The molecule has 1 N–H and O–H groups in total. The number of nitrogens with zero attached hydrogens (tertiary/aromatic N) is 4. The SMILES string of the molecule is COc1ccc2nccc([C@@H](F)CC[C@@H]3CCN(CCCc4cncnc4)C[C@@H]3CC(=O)O)c2c1. The summed E-state index contributed by atoms with van der Waals surface area (Å²) < 4.78 is 20.8. The van der Waals surface area contributed by atoms with Gasteiger partial charge in [0.1, 0.15) is 18.2 Å². The van der Waals surface area contributed by atoms with E-state index in [1.54, 1.807) is 19.4 Å². The first-order valence-electron chi connectivity index (χ1n) is 12.3. The predicted octanol–water partition coefficient (Wildman–Crippen LogP) is 4.87. The number of pyridine rings is 1. The first-order valence-corrected chi connectivity index (χ1v) is 12.3. The highest BCUT2D eigenvalue weighted by molar-refractivity contribution is 5.83. The summed E-state index contributed by atoms with van der Waals surface area (Å²) in [5.41, 5.74) is 2.47. The largest absolute Gasteiger partial charge is 0.497 e. The van der Waals surface area contributed by atoms with E-state index >= 15 is 4.39 Å². The Hall–Kier alpha value is -3.13. The molecule has 1 aliphatic heterocycles. The Balaban J connectivity index is 1.35. The molecule has 0 aliphatic carbocycles. The van der Waals surface area contributed by atoms with Gasteiger partial charge < -0.3 is 14.7 Å². The fourth-order valence-corrected chi connectivity index (χ4v) is 5.22. The molecule has 7 nitrogen and oxygen atoms in total. The summed E-state index contributed by atoms with van der Waals surface area (Å²) in [6, 6.07) is 7.23. The monoisotopic (exact) mass is 480 g/mol. The number of carboxylic acid groups (broad SMARTS) is 1. The maximum atomic E-state index is 15.4. The van der Waals surface area contributed by atoms with Gasteiger partial charge in [-0.1, -0.05) is 0 Å². The van der Waals surface area contributed by atoms with E-state index in [9.17, 15) is 9.90 Å². The molecule has 0 amide bonds. The van der Waals surface area contributed by atoms with Crippen LogP contribution in [0.2, 0.25) is 0 Å². The molecule has 35 heavy (non-hydrogen) atoms. The van der Waals surface area contributed by atoms with E-state index in [0.29, 0.717) is 24.2 Å². The van der Waals surface area contributed by atoms with Crippen molar-refractivity contribution in [2.45, 2.75) is 44.7 Å². The number of methoxy groups -OCH3 is 1. The number of hydrogen-bond acceptors (Lipinski definition) is 6. The zero-order valence-electron chi connectivity index (χ0n) is 20.1. The smallest absolute Gasteiger partial charge is 0.303 e. The number of aryl methyl sites for hydroxylation is 1. The number of hydrogen-bond donors (Lipinski definition) is 1.